The molecule has 3 aromatic carbocycles. The molecule has 2 aliphatic rings. The van der Waals surface area contributed by atoms with Crippen LogP contribution in [0, 0.1) is 18.7 Å². The monoisotopic (exact) mass is 534 g/mol. The van der Waals surface area contributed by atoms with Gasteiger partial charge in [-0.1, -0.05) is 36.4 Å². The number of hydrogen-bond acceptors (Lipinski definition) is 2. The van der Waals surface area contributed by atoms with E-state index >= 15 is 0 Å². The van der Waals surface area contributed by atoms with Crippen molar-refractivity contribution in [3.05, 3.63) is 102 Å². The van der Waals surface area contributed by atoms with Gasteiger partial charge in [-0.15, -0.1) is 0 Å². The van der Waals surface area contributed by atoms with Crippen molar-refractivity contribution in [3.63, 3.8) is 0 Å². The van der Waals surface area contributed by atoms with Gasteiger partial charge in [0.1, 0.15) is 5.82 Å². The molecule has 1 unspecified atom stereocenters. The molecule has 0 saturated carbocycles. The highest BCUT2D eigenvalue weighted by Crippen LogP contribution is 2.47. The summed E-state index contributed by atoms with van der Waals surface area (Å²) in [7, 11) is 0. The average Bonchev–Trinajstić information content (AvgIpc) is 3.70. The fourth-order valence-corrected chi connectivity index (χ4v) is 7.01. The standard InChI is InChI=1S/C33H31FN4O2/c1-21-16-23(34)10-11-30(21)38-20-22(17-31(38)39)32(40)37-14-12-33(13-15-37,26-18-35-28-8-4-2-6-24(26)28)27-19-36-29-9-5-3-7-25(27)29/h2-11,16,18-19,22,35-36H,12-15,17,20H2,1H3. The van der Waals surface area contributed by atoms with Gasteiger partial charge in [-0.05, 0) is 66.8 Å². The zero-order chi connectivity index (χ0) is 27.4. The van der Waals surface area contributed by atoms with Crippen molar-refractivity contribution in [3.8, 4) is 0 Å². The number of piperidine rings is 1. The first-order valence-corrected chi connectivity index (χ1v) is 13.9. The Balaban J connectivity index is 1.18. The molecule has 1 atom stereocenters. The number of nitrogens with one attached hydrogen (secondary N) is 2. The predicted octanol–water partition coefficient (Wildman–Crippen LogP) is 6.06. The van der Waals surface area contributed by atoms with Gasteiger partial charge < -0.3 is 19.8 Å². The van der Waals surface area contributed by atoms with Crippen LogP contribution in [0.1, 0.15) is 36.0 Å². The summed E-state index contributed by atoms with van der Waals surface area (Å²) in [5.41, 5.74) is 5.84. The second kappa shape index (κ2) is 9.37. The number of benzene rings is 3. The number of aromatic nitrogens is 2. The van der Waals surface area contributed by atoms with E-state index in [1.165, 1.54) is 34.0 Å². The third-order valence-electron chi connectivity index (χ3n) is 9.06. The molecular weight excluding hydrogens is 503 g/mol. The smallest absolute Gasteiger partial charge is 0.228 e. The molecule has 7 rings (SSSR count). The molecule has 7 heteroatoms. The Bertz CT molecular complexity index is 1680. The Morgan fingerprint density at radius 2 is 1.50 bits per heavy atom. The lowest BCUT2D eigenvalue weighted by molar-refractivity contribution is -0.137. The first-order chi connectivity index (χ1) is 19.4. The van der Waals surface area contributed by atoms with E-state index in [-0.39, 0.29) is 29.5 Å². The predicted molar refractivity (Wildman–Crippen MR) is 155 cm³/mol. The fourth-order valence-electron chi connectivity index (χ4n) is 7.01. The SMILES string of the molecule is Cc1cc(F)ccc1N1CC(C(=O)N2CCC(c3c[nH]c4ccccc34)(c3c[nH]c4ccccc34)CC2)CC1=O. The number of H-pyrrole nitrogens is 2. The highest BCUT2D eigenvalue weighted by atomic mass is 19.1. The summed E-state index contributed by atoms with van der Waals surface area (Å²) >= 11 is 0. The number of carbonyl (C=O) groups excluding carboxylic acids is 2. The zero-order valence-corrected chi connectivity index (χ0v) is 22.4. The number of halogens is 1. The van der Waals surface area contributed by atoms with Crippen LogP contribution in [-0.2, 0) is 15.0 Å². The summed E-state index contributed by atoms with van der Waals surface area (Å²) in [4.78, 5) is 37.2. The quantitative estimate of drug-likeness (QED) is 0.294. The molecule has 2 aromatic heterocycles. The Labute approximate surface area is 231 Å². The lowest BCUT2D eigenvalue weighted by Crippen LogP contribution is -2.47. The van der Waals surface area contributed by atoms with Crippen molar-refractivity contribution < 1.29 is 14.0 Å². The number of likely N-dealkylation sites (tertiary alicyclic amines) is 1. The van der Waals surface area contributed by atoms with Crippen molar-refractivity contribution in [1.29, 1.82) is 0 Å². The molecule has 2 fully saturated rings. The van der Waals surface area contributed by atoms with E-state index in [1.807, 2.05) is 17.0 Å². The Morgan fingerprint density at radius 3 is 2.10 bits per heavy atom. The molecule has 0 aliphatic carbocycles. The zero-order valence-electron chi connectivity index (χ0n) is 22.4. The lowest BCUT2D eigenvalue weighted by atomic mass is 9.67. The number of para-hydroxylation sites is 2. The summed E-state index contributed by atoms with van der Waals surface area (Å²) in [6.07, 6.45) is 6.03. The molecular formula is C33H31FN4O2. The number of aryl methyl sites for hydroxylation is 1. The number of anilines is 1. The lowest BCUT2D eigenvalue weighted by Gasteiger charge is -2.43. The minimum absolute atomic E-state index is 0.0297. The topological polar surface area (TPSA) is 72.2 Å². The van der Waals surface area contributed by atoms with Crippen LogP contribution in [0.4, 0.5) is 10.1 Å². The summed E-state index contributed by atoms with van der Waals surface area (Å²) in [6.45, 7) is 3.34. The molecule has 202 valence electrons. The molecule has 2 saturated heterocycles. The van der Waals surface area contributed by atoms with Gasteiger partial charge in [0.05, 0.1) is 5.92 Å². The molecule has 40 heavy (non-hydrogen) atoms. The van der Waals surface area contributed by atoms with E-state index in [2.05, 4.69) is 58.8 Å². The van der Waals surface area contributed by atoms with Crippen LogP contribution >= 0.6 is 0 Å². The molecule has 0 radical (unpaired) electrons. The van der Waals surface area contributed by atoms with Crippen LogP contribution in [0.3, 0.4) is 0 Å². The van der Waals surface area contributed by atoms with Gasteiger partial charge in [-0.3, -0.25) is 9.59 Å². The maximum absolute atomic E-state index is 13.7. The van der Waals surface area contributed by atoms with Crippen molar-refractivity contribution in [2.45, 2.75) is 31.6 Å². The van der Waals surface area contributed by atoms with Crippen LogP contribution in [0.5, 0.6) is 0 Å². The van der Waals surface area contributed by atoms with Gasteiger partial charge in [-0.25, -0.2) is 4.39 Å². The van der Waals surface area contributed by atoms with E-state index in [0.717, 1.165) is 23.9 Å². The maximum Gasteiger partial charge on any atom is 0.228 e. The number of fused-ring (bicyclic) bond motifs is 2. The number of rotatable bonds is 4. The maximum atomic E-state index is 13.7. The van der Waals surface area contributed by atoms with E-state index < -0.39 is 5.92 Å². The second-order valence-electron chi connectivity index (χ2n) is 11.2. The van der Waals surface area contributed by atoms with Crippen molar-refractivity contribution >= 4 is 39.3 Å². The molecule has 2 aliphatic heterocycles. The highest BCUT2D eigenvalue weighted by Gasteiger charge is 2.44. The Morgan fingerprint density at radius 1 is 0.900 bits per heavy atom. The van der Waals surface area contributed by atoms with Crippen LogP contribution in [-0.4, -0.2) is 46.3 Å². The van der Waals surface area contributed by atoms with Crippen LogP contribution in [0.2, 0.25) is 0 Å². The molecule has 2 N–H and O–H groups in total. The van der Waals surface area contributed by atoms with E-state index in [1.54, 1.807) is 17.9 Å². The third-order valence-corrected chi connectivity index (χ3v) is 9.06. The third kappa shape index (κ3) is 3.83. The minimum Gasteiger partial charge on any atom is -0.361 e. The van der Waals surface area contributed by atoms with E-state index in [4.69, 9.17) is 0 Å². The number of amides is 2. The van der Waals surface area contributed by atoms with Gasteiger partial charge in [0.15, 0.2) is 0 Å². The Kier molecular flexibility index (Phi) is 5.77. The summed E-state index contributed by atoms with van der Waals surface area (Å²) in [6, 6.07) is 21.2. The molecule has 6 nitrogen and oxygen atoms in total. The van der Waals surface area contributed by atoms with Gasteiger partial charge in [-0.2, -0.15) is 0 Å². The van der Waals surface area contributed by atoms with Gasteiger partial charge >= 0.3 is 0 Å². The normalized spacial score (nSPS) is 19.1. The summed E-state index contributed by atoms with van der Waals surface area (Å²) in [5, 5.41) is 2.42. The Hall–Kier alpha value is -4.39. The van der Waals surface area contributed by atoms with Crippen LogP contribution in [0.25, 0.3) is 21.8 Å². The van der Waals surface area contributed by atoms with Crippen molar-refractivity contribution in [1.82, 2.24) is 14.9 Å². The van der Waals surface area contributed by atoms with Crippen LogP contribution < -0.4 is 4.90 Å². The molecule has 0 bridgehead atoms. The largest absolute Gasteiger partial charge is 0.361 e. The van der Waals surface area contributed by atoms with Gasteiger partial charge in [0, 0.05) is 71.4 Å². The van der Waals surface area contributed by atoms with Crippen LogP contribution in [0.15, 0.2) is 79.1 Å². The average molecular weight is 535 g/mol. The number of nitrogens with zero attached hydrogens (tertiary/aromatic N) is 2. The number of aromatic amines is 2. The van der Waals surface area contributed by atoms with E-state index in [9.17, 15) is 14.0 Å². The summed E-state index contributed by atoms with van der Waals surface area (Å²) < 4.78 is 13.7. The van der Waals surface area contributed by atoms with Gasteiger partial charge in [0.2, 0.25) is 11.8 Å². The molecule has 5 aromatic rings. The number of hydrogen-bond donors (Lipinski definition) is 2. The highest BCUT2D eigenvalue weighted by molar-refractivity contribution is 6.01. The summed E-state index contributed by atoms with van der Waals surface area (Å²) in [5.74, 6) is -0.785. The minimum atomic E-state index is -0.398. The fraction of sp³-hybridized carbons (Fsp3) is 0.273. The van der Waals surface area contributed by atoms with Gasteiger partial charge in [0.25, 0.3) is 0 Å². The van der Waals surface area contributed by atoms with Crippen molar-refractivity contribution in [2.24, 2.45) is 5.92 Å². The van der Waals surface area contributed by atoms with Crippen molar-refractivity contribution in [2.75, 3.05) is 24.5 Å². The molecule has 4 heterocycles. The first-order valence-electron chi connectivity index (χ1n) is 13.9. The van der Waals surface area contributed by atoms with E-state index in [0.29, 0.717) is 30.9 Å². The second-order valence-corrected chi connectivity index (χ2v) is 11.2. The first kappa shape index (κ1) is 24.6. The molecule has 2 amide bonds. The number of carbonyl (C=O) groups is 2. The molecule has 0 spiro atoms.